The van der Waals surface area contributed by atoms with Gasteiger partial charge in [-0.2, -0.15) is 13.2 Å². The number of hydrogen-bond donors (Lipinski definition) is 2. The van der Waals surface area contributed by atoms with Crippen LogP contribution >= 0.6 is 0 Å². The molecule has 1 amide bonds. The highest BCUT2D eigenvalue weighted by Gasteiger charge is 2.62. The van der Waals surface area contributed by atoms with E-state index in [0.29, 0.717) is 12.1 Å². The molecule has 4 rings (SSSR count). The fourth-order valence-electron chi connectivity index (χ4n) is 4.62. The quantitative estimate of drug-likeness (QED) is 0.223. The molecule has 2 fully saturated rings. The van der Waals surface area contributed by atoms with Crippen LogP contribution in [-0.2, 0) is 19.6 Å². The molecular formula is C20H20FN4O11S+. The van der Waals surface area contributed by atoms with Crippen LogP contribution in [0.2, 0.25) is 0 Å². The molecule has 0 bridgehead atoms. The van der Waals surface area contributed by atoms with Gasteiger partial charge in [0, 0.05) is 25.2 Å². The third-order valence-electron chi connectivity index (χ3n) is 6.10. The van der Waals surface area contributed by atoms with Crippen LogP contribution in [0.5, 0.6) is 0 Å². The first-order valence-electron chi connectivity index (χ1n) is 10.7. The summed E-state index contributed by atoms with van der Waals surface area (Å²) in [5.74, 6) is -0.881. The minimum Gasteiger partial charge on any atom is -0.408 e. The van der Waals surface area contributed by atoms with Gasteiger partial charge in [0.05, 0.1) is 29.7 Å². The number of quaternary nitrogens is 1. The number of ether oxygens (including phenoxy) is 2. The van der Waals surface area contributed by atoms with Gasteiger partial charge in [-0.15, -0.1) is 4.48 Å². The van der Waals surface area contributed by atoms with Gasteiger partial charge < -0.3 is 19.5 Å². The predicted molar refractivity (Wildman–Crippen MR) is 123 cm³/mol. The average Bonchev–Trinajstić information content (AvgIpc) is 3.19. The van der Waals surface area contributed by atoms with E-state index in [2.05, 4.69) is 0 Å². The third kappa shape index (κ3) is 4.36. The molecule has 198 valence electrons. The predicted octanol–water partition coefficient (Wildman–Crippen LogP) is 1.88. The molecule has 2 saturated heterocycles. The van der Waals surface area contributed by atoms with E-state index in [0.717, 1.165) is 6.07 Å². The number of aliphatic hydroxyl groups is 1. The van der Waals surface area contributed by atoms with Gasteiger partial charge in [-0.1, -0.05) is 6.07 Å². The van der Waals surface area contributed by atoms with Crippen LogP contribution in [0.4, 0.5) is 37.6 Å². The lowest BCUT2D eigenvalue weighted by Gasteiger charge is -2.34. The molecule has 0 radical (unpaired) electrons. The summed E-state index contributed by atoms with van der Waals surface area (Å²) in [6, 6.07) is 4.46. The van der Waals surface area contributed by atoms with E-state index in [1.165, 1.54) is 17.0 Å². The lowest BCUT2D eigenvalue weighted by molar-refractivity contribution is -0.395. The van der Waals surface area contributed by atoms with Crippen LogP contribution in [0, 0.1) is 26.0 Å². The van der Waals surface area contributed by atoms with Gasteiger partial charge in [0.15, 0.2) is 22.5 Å². The van der Waals surface area contributed by atoms with Crippen molar-refractivity contribution in [1.82, 2.24) is 4.48 Å². The SMILES string of the molecule is O=C1OC(CO)C[N@@+]1(c1cccc(F)c1N1CCOCC1)c1c([N+](=O)[O-])ccc(S(=O)(=O)O)c1[N+](=O)[O-]. The number of para-hydroxylation sites is 1. The van der Waals surface area contributed by atoms with Gasteiger partial charge >= 0.3 is 33.3 Å². The summed E-state index contributed by atoms with van der Waals surface area (Å²) in [5.41, 5.74) is -4.19. The molecule has 0 aliphatic carbocycles. The highest BCUT2D eigenvalue weighted by atomic mass is 32.2. The average molecular weight is 543 g/mol. The molecule has 17 heteroatoms. The Bertz CT molecular complexity index is 1400. The van der Waals surface area contributed by atoms with Gasteiger partial charge in [0.25, 0.3) is 0 Å². The maximum atomic E-state index is 15.4. The Morgan fingerprint density at radius 2 is 1.81 bits per heavy atom. The van der Waals surface area contributed by atoms with Gasteiger partial charge in [0.2, 0.25) is 0 Å². The Hall–Kier alpha value is -3.77. The van der Waals surface area contributed by atoms with E-state index in [1.807, 2.05) is 0 Å². The lowest BCUT2D eigenvalue weighted by atomic mass is 10.1. The number of anilines is 1. The van der Waals surface area contributed by atoms with Crippen molar-refractivity contribution < 1.29 is 46.6 Å². The molecule has 37 heavy (non-hydrogen) atoms. The summed E-state index contributed by atoms with van der Waals surface area (Å²) in [6.07, 6.45) is -2.71. The molecule has 2 atom stereocenters. The second kappa shape index (κ2) is 9.60. The van der Waals surface area contributed by atoms with E-state index in [1.54, 1.807) is 0 Å². The summed E-state index contributed by atoms with van der Waals surface area (Å²) in [6.45, 7) is -0.907. The van der Waals surface area contributed by atoms with E-state index >= 15 is 4.39 Å². The Kier molecular flexibility index (Phi) is 6.82. The number of morpholine rings is 1. The van der Waals surface area contributed by atoms with Crippen LogP contribution in [0.1, 0.15) is 0 Å². The fraction of sp³-hybridized carbons (Fsp3) is 0.350. The van der Waals surface area contributed by atoms with Crippen LogP contribution < -0.4 is 9.38 Å². The minimum absolute atomic E-state index is 0.127. The Morgan fingerprint density at radius 3 is 2.35 bits per heavy atom. The number of amides is 1. The van der Waals surface area contributed by atoms with Crippen molar-refractivity contribution in [2.75, 3.05) is 44.4 Å². The van der Waals surface area contributed by atoms with E-state index in [4.69, 9.17) is 9.47 Å². The van der Waals surface area contributed by atoms with Gasteiger partial charge in [-0.25, -0.2) is 4.39 Å². The number of hydrogen-bond acceptors (Lipinski definition) is 11. The number of nitrogens with zero attached hydrogens (tertiary/aromatic N) is 4. The fourth-order valence-corrected chi connectivity index (χ4v) is 5.27. The number of benzene rings is 2. The normalized spacial score (nSPS) is 22.1. The van der Waals surface area contributed by atoms with Crippen molar-refractivity contribution in [2.24, 2.45) is 0 Å². The molecule has 2 heterocycles. The zero-order chi connectivity index (χ0) is 27.1. The Labute approximate surface area is 207 Å². The van der Waals surface area contributed by atoms with Crippen molar-refractivity contribution >= 4 is 44.6 Å². The Morgan fingerprint density at radius 1 is 1.14 bits per heavy atom. The third-order valence-corrected chi connectivity index (χ3v) is 6.98. The number of carbonyl (C=O) groups is 1. The number of carbonyl (C=O) groups excluding carboxylic acids is 1. The number of cyclic esters (lactones) is 1. The highest BCUT2D eigenvalue weighted by Crippen LogP contribution is 2.54. The molecule has 2 N–H and O–H groups in total. The smallest absolute Gasteiger partial charge is 0.408 e. The zero-order valence-electron chi connectivity index (χ0n) is 18.9. The summed E-state index contributed by atoms with van der Waals surface area (Å²) < 4.78 is 58.1. The first-order chi connectivity index (χ1) is 17.4. The number of halogens is 1. The monoisotopic (exact) mass is 543 g/mol. The lowest BCUT2D eigenvalue weighted by Crippen LogP contribution is -2.48. The number of rotatable bonds is 7. The maximum Gasteiger partial charge on any atom is 0.527 e. The molecule has 2 aliphatic heterocycles. The number of nitro benzene ring substituents is 2. The molecule has 2 aliphatic rings. The first kappa shape index (κ1) is 26.3. The summed E-state index contributed by atoms with van der Waals surface area (Å²) in [4.78, 5) is 35.6. The largest absolute Gasteiger partial charge is 0.527 e. The van der Waals surface area contributed by atoms with Crippen LogP contribution in [-0.4, -0.2) is 79.6 Å². The molecule has 0 aromatic heterocycles. The summed E-state index contributed by atoms with van der Waals surface area (Å²) >= 11 is 0. The number of nitro groups is 2. The van der Waals surface area contributed by atoms with Crippen molar-refractivity contribution in [1.29, 1.82) is 0 Å². The molecule has 15 nitrogen and oxygen atoms in total. The van der Waals surface area contributed by atoms with Gasteiger partial charge in [-0.3, -0.25) is 24.8 Å². The van der Waals surface area contributed by atoms with Crippen molar-refractivity contribution in [2.45, 2.75) is 11.0 Å². The van der Waals surface area contributed by atoms with Crippen LogP contribution in [0.3, 0.4) is 0 Å². The maximum absolute atomic E-state index is 15.4. The molecule has 0 saturated carbocycles. The molecule has 0 spiro atoms. The molecule has 2 aromatic rings. The van der Waals surface area contributed by atoms with Crippen molar-refractivity contribution in [3.63, 3.8) is 0 Å². The highest BCUT2D eigenvalue weighted by molar-refractivity contribution is 7.86. The van der Waals surface area contributed by atoms with Gasteiger partial charge in [0.1, 0.15) is 12.2 Å². The van der Waals surface area contributed by atoms with E-state index < -0.39 is 77.6 Å². The van der Waals surface area contributed by atoms with E-state index in [9.17, 15) is 43.1 Å². The zero-order valence-corrected chi connectivity index (χ0v) is 19.7. The first-order valence-corrected chi connectivity index (χ1v) is 12.1. The van der Waals surface area contributed by atoms with Gasteiger partial charge in [-0.05, 0) is 12.1 Å². The second-order valence-electron chi connectivity index (χ2n) is 8.16. The van der Waals surface area contributed by atoms with Crippen LogP contribution in [0.15, 0.2) is 35.2 Å². The summed E-state index contributed by atoms with van der Waals surface area (Å²) in [7, 11) is -5.33. The van der Waals surface area contributed by atoms with Crippen molar-refractivity contribution in [3.05, 3.63) is 56.4 Å². The second-order valence-corrected chi connectivity index (χ2v) is 9.55. The number of aliphatic hydroxyl groups excluding tert-OH is 1. The minimum atomic E-state index is -5.33. The van der Waals surface area contributed by atoms with Crippen LogP contribution in [0.25, 0.3) is 0 Å². The van der Waals surface area contributed by atoms with Crippen molar-refractivity contribution in [3.8, 4) is 0 Å². The molecule has 2 aromatic carbocycles. The molecule has 1 unspecified atom stereocenters. The summed E-state index contributed by atoms with van der Waals surface area (Å²) in [5, 5.41) is 34.0. The topological polar surface area (TPSA) is 200 Å². The molecular weight excluding hydrogens is 523 g/mol. The Balaban J connectivity index is 2.20. The van der Waals surface area contributed by atoms with E-state index in [-0.39, 0.29) is 37.7 Å². The standard InChI is InChI=1S/C20H19FN4O11S/c21-13-2-1-3-15(17(13)22-6-8-35-9-7-22)25(10-12(11-26)36-20(25)27)19-14(23(28)29)4-5-16(37(32,33)34)18(19)24(30)31/h1-5,12,26H,6-11H2/p+1/t12?,25-/m1/s1.